The minimum Gasteiger partial charge on any atom is -0.493 e. The third kappa shape index (κ3) is 5.92. The van der Waals surface area contributed by atoms with Gasteiger partial charge in [-0.1, -0.05) is 68.3 Å². The summed E-state index contributed by atoms with van der Waals surface area (Å²) in [6, 6.07) is 16.7. The van der Waals surface area contributed by atoms with Gasteiger partial charge in [-0.15, -0.1) is 0 Å². The molecule has 214 valence electrons. The number of hydrogen-bond donors (Lipinski definition) is 1. The normalized spacial score (nSPS) is 12.2. The molecule has 4 rings (SSSR count). The maximum atomic E-state index is 13.8. The molecule has 10 heteroatoms. The molecule has 0 spiro atoms. The van der Waals surface area contributed by atoms with Crippen LogP contribution in [0.5, 0.6) is 5.88 Å². The van der Waals surface area contributed by atoms with Gasteiger partial charge in [-0.05, 0) is 49.1 Å². The SMILES string of the molecule is CCCCc1nc(=O)c(S(=O)(=O)c2ccc(-c3ccccc3C(=O)OC)cn2)c(O)n1[C@@H](CC)c1cccc(C)c1. The maximum absolute atomic E-state index is 13.8. The number of pyridine rings is 1. The van der Waals surface area contributed by atoms with E-state index in [1.165, 1.54) is 30.0 Å². The van der Waals surface area contributed by atoms with Gasteiger partial charge in [-0.2, -0.15) is 4.98 Å². The largest absolute Gasteiger partial charge is 0.493 e. The van der Waals surface area contributed by atoms with Crippen LogP contribution in [0.2, 0.25) is 0 Å². The second kappa shape index (κ2) is 12.5. The molecule has 41 heavy (non-hydrogen) atoms. The molecule has 0 aliphatic heterocycles. The molecule has 0 saturated heterocycles. The van der Waals surface area contributed by atoms with Crippen LogP contribution >= 0.6 is 0 Å². The fraction of sp³-hybridized carbons (Fsp3) is 0.290. The van der Waals surface area contributed by atoms with Gasteiger partial charge in [0.2, 0.25) is 20.6 Å². The highest BCUT2D eigenvalue weighted by molar-refractivity contribution is 7.91. The van der Waals surface area contributed by atoms with Crippen LogP contribution in [0, 0.1) is 6.92 Å². The van der Waals surface area contributed by atoms with E-state index in [1.54, 1.807) is 24.3 Å². The molecule has 4 aromatic rings. The smallest absolute Gasteiger partial charge is 0.338 e. The average Bonchev–Trinajstić information content (AvgIpc) is 2.97. The number of sulfone groups is 1. The second-order valence-electron chi connectivity index (χ2n) is 9.72. The van der Waals surface area contributed by atoms with Gasteiger partial charge < -0.3 is 9.84 Å². The molecule has 1 N–H and O–H groups in total. The molecule has 2 heterocycles. The molecule has 0 aliphatic rings. The van der Waals surface area contributed by atoms with Gasteiger partial charge in [0.1, 0.15) is 5.82 Å². The molecule has 0 amide bonds. The van der Waals surface area contributed by atoms with Gasteiger partial charge in [0.05, 0.1) is 18.7 Å². The van der Waals surface area contributed by atoms with Gasteiger partial charge in [0.15, 0.2) is 5.03 Å². The lowest BCUT2D eigenvalue weighted by Gasteiger charge is -2.25. The zero-order valence-corrected chi connectivity index (χ0v) is 24.3. The number of aromatic hydroxyl groups is 1. The van der Waals surface area contributed by atoms with Gasteiger partial charge in [0.25, 0.3) is 5.56 Å². The fourth-order valence-corrected chi connectivity index (χ4v) is 6.16. The summed E-state index contributed by atoms with van der Waals surface area (Å²) in [5.41, 5.74) is 2.11. The van der Waals surface area contributed by atoms with Crippen molar-refractivity contribution in [3.05, 3.63) is 99.7 Å². The molecular weight excluding hydrogens is 542 g/mol. The van der Waals surface area contributed by atoms with E-state index in [-0.39, 0.29) is 0 Å². The number of carbonyl (C=O) groups is 1. The summed E-state index contributed by atoms with van der Waals surface area (Å²) in [6.07, 6.45) is 3.75. The highest BCUT2D eigenvalue weighted by Crippen LogP contribution is 2.34. The summed E-state index contributed by atoms with van der Waals surface area (Å²) in [6.45, 7) is 5.87. The Balaban J connectivity index is 1.86. The standard InChI is InChI=1S/C31H33N3O6S/c1-5-7-15-26-33-29(35)28(30(36)34(26)25(6-2)21-12-10-11-20(3)18-21)41(38,39)27-17-16-22(19-32-27)23-13-8-9-14-24(23)31(37)40-4/h8-14,16-19,25,36H,5-7,15H2,1-4H3/t25-/m0/s1. The Labute approximate surface area is 239 Å². The van der Waals surface area contributed by atoms with E-state index in [1.807, 2.05) is 45.0 Å². The zero-order valence-electron chi connectivity index (χ0n) is 23.5. The van der Waals surface area contributed by atoms with Crippen molar-refractivity contribution in [2.45, 2.75) is 62.4 Å². The highest BCUT2D eigenvalue weighted by atomic mass is 32.2. The summed E-state index contributed by atoms with van der Waals surface area (Å²) in [5.74, 6) is -0.883. The molecule has 2 aromatic heterocycles. The van der Waals surface area contributed by atoms with Crippen molar-refractivity contribution in [3.8, 4) is 17.0 Å². The molecule has 0 radical (unpaired) electrons. The predicted molar refractivity (Wildman–Crippen MR) is 155 cm³/mol. The molecule has 1 atom stereocenters. The number of aromatic nitrogens is 3. The van der Waals surface area contributed by atoms with Crippen LogP contribution in [-0.4, -0.2) is 41.1 Å². The van der Waals surface area contributed by atoms with Gasteiger partial charge in [-0.3, -0.25) is 9.36 Å². The van der Waals surface area contributed by atoms with Crippen LogP contribution in [0.4, 0.5) is 0 Å². The van der Waals surface area contributed by atoms with Crippen LogP contribution in [0.15, 0.2) is 81.6 Å². The van der Waals surface area contributed by atoms with Gasteiger partial charge in [-0.25, -0.2) is 18.2 Å². The van der Waals surface area contributed by atoms with E-state index < -0.39 is 43.2 Å². The summed E-state index contributed by atoms with van der Waals surface area (Å²) >= 11 is 0. The Morgan fingerprint density at radius 3 is 2.46 bits per heavy atom. The number of esters is 1. The van der Waals surface area contributed by atoms with Crippen molar-refractivity contribution in [1.29, 1.82) is 0 Å². The van der Waals surface area contributed by atoms with E-state index in [2.05, 4.69) is 9.97 Å². The number of ether oxygens (including phenoxy) is 1. The van der Waals surface area contributed by atoms with Crippen molar-refractivity contribution in [2.24, 2.45) is 0 Å². The lowest BCUT2D eigenvalue weighted by molar-refractivity contribution is 0.0601. The van der Waals surface area contributed by atoms with E-state index in [9.17, 15) is 23.1 Å². The fourth-order valence-electron chi connectivity index (χ4n) is 4.89. The molecular formula is C31H33N3O6S. The summed E-state index contributed by atoms with van der Waals surface area (Å²) in [4.78, 5) is 32.9. The third-order valence-electron chi connectivity index (χ3n) is 6.94. The Kier molecular flexibility index (Phi) is 9.02. The molecule has 0 unspecified atom stereocenters. The van der Waals surface area contributed by atoms with Crippen molar-refractivity contribution in [1.82, 2.24) is 14.5 Å². The van der Waals surface area contributed by atoms with E-state index in [0.717, 1.165) is 17.5 Å². The van der Waals surface area contributed by atoms with Crippen LogP contribution in [0.3, 0.4) is 0 Å². The lowest BCUT2D eigenvalue weighted by atomic mass is 10.0. The summed E-state index contributed by atoms with van der Waals surface area (Å²) < 4.78 is 33.9. The first-order valence-electron chi connectivity index (χ1n) is 13.4. The van der Waals surface area contributed by atoms with E-state index in [4.69, 9.17) is 4.74 Å². The first-order chi connectivity index (χ1) is 19.6. The monoisotopic (exact) mass is 575 g/mol. The van der Waals surface area contributed by atoms with Crippen LogP contribution in [-0.2, 0) is 21.0 Å². The Morgan fingerprint density at radius 2 is 1.83 bits per heavy atom. The maximum Gasteiger partial charge on any atom is 0.338 e. The van der Waals surface area contributed by atoms with Gasteiger partial charge >= 0.3 is 5.97 Å². The number of hydrogen-bond acceptors (Lipinski definition) is 8. The molecule has 0 fully saturated rings. The van der Waals surface area contributed by atoms with Crippen LogP contribution in [0.25, 0.3) is 11.1 Å². The van der Waals surface area contributed by atoms with E-state index in [0.29, 0.717) is 41.8 Å². The van der Waals surface area contributed by atoms with Crippen molar-refractivity contribution >= 4 is 15.8 Å². The van der Waals surface area contributed by atoms with Crippen molar-refractivity contribution < 1.29 is 23.1 Å². The van der Waals surface area contributed by atoms with Crippen molar-refractivity contribution in [3.63, 3.8) is 0 Å². The lowest BCUT2D eigenvalue weighted by Crippen LogP contribution is -2.27. The predicted octanol–water partition coefficient (Wildman–Crippen LogP) is 5.28. The van der Waals surface area contributed by atoms with Gasteiger partial charge in [0, 0.05) is 18.2 Å². The third-order valence-corrected chi connectivity index (χ3v) is 8.62. The Morgan fingerprint density at radius 1 is 1.07 bits per heavy atom. The second-order valence-corrected chi connectivity index (χ2v) is 11.6. The Hall–Kier alpha value is -4.31. The highest BCUT2D eigenvalue weighted by Gasteiger charge is 2.32. The number of nitrogens with zero attached hydrogens (tertiary/aromatic N) is 3. The molecule has 0 aliphatic carbocycles. The molecule has 0 bridgehead atoms. The number of rotatable bonds is 10. The Bertz CT molecular complexity index is 1730. The average molecular weight is 576 g/mol. The quantitative estimate of drug-likeness (QED) is 0.253. The molecule has 0 saturated carbocycles. The zero-order chi connectivity index (χ0) is 29.7. The minimum absolute atomic E-state index is 0.293. The van der Waals surface area contributed by atoms with Crippen molar-refractivity contribution in [2.75, 3.05) is 7.11 Å². The van der Waals surface area contributed by atoms with Crippen LogP contribution in [0.1, 0.15) is 66.5 Å². The number of methoxy groups -OCH3 is 1. The first kappa shape index (κ1) is 29.7. The van der Waals surface area contributed by atoms with Crippen LogP contribution < -0.4 is 5.56 Å². The topological polar surface area (TPSA) is 128 Å². The first-order valence-corrected chi connectivity index (χ1v) is 14.9. The number of carbonyl (C=O) groups excluding carboxylic acids is 1. The summed E-state index contributed by atoms with van der Waals surface area (Å²) in [7, 11) is -3.30. The molecule has 2 aromatic carbocycles. The minimum atomic E-state index is -4.57. The summed E-state index contributed by atoms with van der Waals surface area (Å²) in [5, 5.41) is 11.1. The number of unbranched alkanes of at least 4 members (excludes halogenated alkanes) is 1. The number of aryl methyl sites for hydroxylation is 2. The number of benzene rings is 2. The molecule has 9 nitrogen and oxygen atoms in total. The van der Waals surface area contributed by atoms with E-state index >= 15 is 0 Å².